The summed E-state index contributed by atoms with van der Waals surface area (Å²) in [5, 5.41) is 13.5. The molecule has 1 atom stereocenters. The van der Waals surface area contributed by atoms with E-state index in [1.54, 1.807) is 0 Å². The number of pyridine rings is 1. The Balaban J connectivity index is 2.08. The summed E-state index contributed by atoms with van der Waals surface area (Å²) in [7, 11) is 0. The van der Waals surface area contributed by atoms with Gasteiger partial charge in [-0.1, -0.05) is 0 Å². The third-order valence-electron chi connectivity index (χ3n) is 3.26. The van der Waals surface area contributed by atoms with Crippen LogP contribution < -0.4 is 5.32 Å². The highest BCUT2D eigenvalue weighted by atomic mass is 19.4. The Bertz CT molecular complexity index is 516. The van der Waals surface area contributed by atoms with Crippen molar-refractivity contribution in [3.05, 3.63) is 28.1 Å². The van der Waals surface area contributed by atoms with Crippen molar-refractivity contribution in [2.24, 2.45) is 5.92 Å². The number of nitrogens with zero attached hydrogens (tertiary/aromatic N) is 2. The Hall–Kier alpha value is -1.90. The summed E-state index contributed by atoms with van der Waals surface area (Å²) in [5.74, 6) is 0.334. The van der Waals surface area contributed by atoms with Gasteiger partial charge in [0.05, 0.1) is 4.92 Å². The molecule has 0 aromatic carbocycles. The first-order chi connectivity index (χ1) is 9.88. The van der Waals surface area contributed by atoms with Gasteiger partial charge in [0.25, 0.3) is 0 Å². The van der Waals surface area contributed by atoms with Crippen LogP contribution in [0.5, 0.6) is 0 Å². The van der Waals surface area contributed by atoms with Gasteiger partial charge in [0.2, 0.25) is 0 Å². The average molecular weight is 305 g/mol. The van der Waals surface area contributed by atoms with Gasteiger partial charge in [-0.05, 0) is 24.8 Å². The second-order valence-electron chi connectivity index (χ2n) is 4.79. The molecular weight excluding hydrogens is 291 g/mol. The second kappa shape index (κ2) is 6.25. The molecule has 1 aromatic heterocycles. The second-order valence-corrected chi connectivity index (χ2v) is 4.79. The van der Waals surface area contributed by atoms with Gasteiger partial charge in [-0.3, -0.25) is 10.1 Å². The van der Waals surface area contributed by atoms with E-state index in [1.807, 2.05) is 0 Å². The summed E-state index contributed by atoms with van der Waals surface area (Å²) >= 11 is 0. The van der Waals surface area contributed by atoms with Crippen molar-refractivity contribution in [1.82, 2.24) is 4.98 Å². The molecule has 0 spiro atoms. The maximum Gasteiger partial charge on any atom is 0.433 e. The lowest BCUT2D eigenvalue weighted by Crippen LogP contribution is -2.13. The molecule has 9 heteroatoms. The third-order valence-corrected chi connectivity index (χ3v) is 3.26. The van der Waals surface area contributed by atoms with E-state index in [1.165, 1.54) is 0 Å². The number of hydrogen-bond acceptors (Lipinski definition) is 5. The van der Waals surface area contributed by atoms with Gasteiger partial charge >= 0.3 is 11.9 Å². The molecule has 2 heterocycles. The highest BCUT2D eigenvalue weighted by Gasteiger charge is 2.34. The van der Waals surface area contributed by atoms with E-state index >= 15 is 0 Å². The normalized spacial score (nSPS) is 18.7. The van der Waals surface area contributed by atoms with Crippen LogP contribution in [0.4, 0.5) is 24.5 Å². The van der Waals surface area contributed by atoms with Crippen LogP contribution >= 0.6 is 0 Å². The van der Waals surface area contributed by atoms with E-state index in [9.17, 15) is 23.3 Å². The number of hydrogen-bond donors (Lipinski definition) is 1. The fourth-order valence-electron chi connectivity index (χ4n) is 2.11. The molecule has 2 rings (SSSR count). The third kappa shape index (κ3) is 4.03. The smallest absolute Gasteiger partial charge is 0.381 e. The number of alkyl halides is 3. The number of nitro groups is 1. The van der Waals surface area contributed by atoms with E-state index in [-0.39, 0.29) is 5.69 Å². The Morgan fingerprint density at radius 2 is 2.29 bits per heavy atom. The van der Waals surface area contributed by atoms with Gasteiger partial charge in [0.15, 0.2) is 0 Å². The first-order valence-corrected chi connectivity index (χ1v) is 6.41. The van der Waals surface area contributed by atoms with Gasteiger partial charge in [-0.2, -0.15) is 13.2 Å². The molecule has 1 unspecified atom stereocenters. The van der Waals surface area contributed by atoms with Crippen LogP contribution in [0.25, 0.3) is 0 Å². The van der Waals surface area contributed by atoms with Crippen LogP contribution in [0.1, 0.15) is 18.5 Å². The van der Waals surface area contributed by atoms with Gasteiger partial charge < -0.3 is 10.1 Å². The first kappa shape index (κ1) is 15.5. The van der Waals surface area contributed by atoms with Crippen LogP contribution in [0.3, 0.4) is 0 Å². The molecule has 6 nitrogen and oxygen atoms in total. The number of rotatable bonds is 5. The Labute approximate surface area is 118 Å². The molecule has 1 saturated heterocycles. The summed E-state index contributed by atoms with van der Waals surface area (Å²) < 4.78 is 43.0. The van der Waals surface area contributed by atoms with Crippen LogP contribution in [0, 0.1) is 16.0 Å². The predicted octanol–water partition coefficient (Wildman–Crippen LogP) is 2.85. The van der Waals surface area contributed by atoms with Crippen LogP contribution in [0.15, 0.2) is 12.3 Å². The summed E-state index contributed by atoms with van der Waals surface area (Å²) in [5.41, 5.74) is -1.79. The van der Waals surface area contributed by atoms with E-state index < -0.39 is 22.5 Å². The summed E-state index contributed by atoms with van der Waals surface area (Å²) in [4.78, 5) is 13.2. The standard InChI is InChI=1S/C12H14F3N3O3/c13-12(14,15)11-5-9(10(6-17-11)18(19)20)16-3-1-8-2-4-21-7-8/h5-6,8H,1-4,7H2,(H,16,17). The van der Waals surface area contributed by atoms with Crippen molar-refractivity contribution < 1.29 is 22.8 Å². The number of nitrogens with one attached hydrogen (secondary N) is 1. The van der Waals surface area contributed by atoms with Crippen LogP contribution in [-0.4, -0.2) is 29.7 Å². The number of ether oxygens (including phenoxy) is 1. The minimum absolute atomic E-state index is 0.166. The molecule has 0 bridgehead atoms. The van der Waals surface area contributed by atoms with Crippen molar-refractivity contribution in [1.29, 1.82) is 0 Å². The minimum Gasteiger partial charge on any atom is -0.381 e. The van der Waals surface area contributed by atoms with Crippen molar-refractivity contribution in [2.45, 2.75) is 19.0 Å². The molecule has 1 aliphatic rings. The molecule has 0 aliphatic carbocycles. The molecule has 1 N–H and O–H groups in total. The lowest BCUT2D eigenvalue weighted by molar-refractivity contribution is -0.384. The van der Waals surface area contributed by atoms with Crippen molar-refractivity contribution in [2.75, 3.05) is 25.1 Å². The average Bonchev–Trinajstić information content (AvgIpc) is 2.90. The van der Waals surface area contributed by atoms with E-state index in [2.05, 4.69) is 10.3 Å². The Morgan fingerprint density at radius 3 is 2.86 bits per heavy atom. The fourth-order valence-corrected chi connectivity index (χ4v) is 2.11. The van der Waals surface area contributed by atoms with Crippen LogP contribution in [0.2, 0.25) is 0 Å². The monoisotopic (exact) mass is 305 g/mol. The lowest BCUT2D eigenvalue weighted by Gasteiger charge is -2.12. The zero-order valence-electron chi connectivity index (χ0n) is 11.0. The molecule has 1 aromatic rings. The zero-order chi connectivity index (χ0) is 15.5. The van der Waals surface area contributed by atoms with Crippen LogP contribution in [-0.2, 0) is 10.9 Å². The molecular formula is C12H14F3N3O3. The van der Waals surface area contributed by atoms with Gasteiger partial charge in [0, 0.05) is 19.8 Å². The van der Waals surface area contributed by atoms with Crippen molar-refractivity contribution in [3.63, 3.8) is 0 Å². The van der Waals surface area contributed by atoms with Gasteiger partial charge in [0.1, 0.15) is 17.6 Å². The van der Waals surface area contributed by atoms with Crippen molar-refractivity contribution in [3.8, 4) is 0 Å². The summed E-state index contributed by atoms with van der Waals surface area (Å²) in [6, 6.07) is 0.670. The molecule has 0 saturated carbocycles. The molecule has 1 fully saturated rings. The van der Waals surface area contributed by atoms with Gasteiger partial charge in [-0.15, -0.1) is 0 Å². The molecule has 1 aliphatic heterocycles. The maximum absolute atomic E-state index is 12.6. The minimum atomic E-state index is -4.63. The molecule has 116 valence electrons. The quantitative estimate of drug-likeness (QED) is 0.668. The number of anilines is 1. The maximum atomic E-state index is 12.6. The zero-order valence-corrected chi connectivity index (χ0v) is 11.0. The first-order valence-electron chi connectivity index (χ1n) is 6.41. The van der Waals surface area contributed by atoms with Gasteiger partial charge in [-0.25, -0.2) is 4.98 Å². The fraction of sp³-hybridized carbons (Fsp3) is 0.583. The number of halogens is 3. The Morgan fingerprint density at radius 1 is 1.52 bits per heavy atom. The number of aromatic nitrogens is 1. The summed E-state index contributed by atoms with van der Waals surface area (Å²) in [6.07, 6.45) is -2.43. The Kier molecular flexibility index (Phi) is 4.61. The largest absolute Gasteiger partial charge is 0.433 e. The highest BCUT2D eigenvalue weighted by Crippen LogP contribution is 2.33. The molecule has 21 heavy (non-hydrogen) atoms. The summed E-state index contributed by atoms with van der Waals surface area (Å²) in [6.45, 7) is 1.64. The molecule has 0 radical (unpaired) electrons. The molecule has 0 amide bonds. The van der Waals surface area contributed by atoms with Crippen molar-refractivity contribution >= 4 is 11.4 Å². The topological polar surface area (TPSA) is 77.3 Å². The van der Waals surface area contributed by atoms with E-state index in [0.29, 0.717) is 44.4 Å². The lowest BCUT2D eigenvalue weighted by atomic mass is 10.1. The SMILES string of the molecule is O=[N+]([O-])c1cnc(C(F)(F)F)cc1NCCC1CCOC1. The van der Waals surface area contributed by atoms with E-state index in [0.717, 1.165) is 6.42 Å². The predicted molar refractivity (Wildman–Crippen MR) is 67.9 cm³/mol. The van der Waals surface area contributed by atoms with E-state index in [4.69, 9.17) is 4.74 Å². The highest BCUT2D eigenvalue weighted by molar-refractivity contribution is 5.61.